The summed E-state index contributed by atoms with van der Waals surface area (Å²) in [5.74, 6) is -0.998. The second-order valence-electron chi connectivity index (χ2n) is 7.27. The maximum Gasteiger partial charge on any atom is 0.242 e. The zero-order chi connectivity index (χ0) is 21.9. The molecule has 0 radical (unpaired) electrons. The van der Waals surface area contributed by atoms with Crippen LogP contribution in [0.25, 0.3) is 0 Å². The molecule has 0 saturated carbocycles. The topological polar surface area (TPSA) is 49.4 Å². The molecule has 2 rings (SSSR count). The monoisotopic (exact) mass is 432 g/mol. The predicted octanol–water partition coefficient (Wildman–Crippen LogP) is 4.79. The van der Waals surface area contributed by atoms with Crippen molar-refractivity contribution in [2.24, 2.45) is 0 Å². The van der Waals surface area contributed by atoms with Crippen LogP contribution in [0.15, 0.2) is 48.5 Å². The summed E-state index contributed by atoms with van der Waals surface area (Å²) in [6.07, 6.45) is 2.75. The number of carbonyl (C=O) groups excluding carboxylic acids is 2. The molecule has 0 bridgehead atoms. The predicted molar refractivity (Wildman–Crippen MR) is 119 cm³/mol. The summed E-state index contributed by atoms with van der Waals surface area (Å²) < 4.78 is 14.2. The van der Waals surface area contributed by atoms with Gasteiger partial charge in [0.05, 0.1) is 6.42 Å². The van der Waals surface area contributed by atoms with Gasteiger partial charge in [-0.2, -0.15) is 0 Å². The van der Waals surface area contributed by atoms with Gasteiger partial charge < -0.3 is 10.2 Å². The highest BCUT2D eigenvalue weighted by Crippen LogP contribution is 2.21. The number of hydrogen-bond acceptors (Lipinski definition) is 2. The van der Waals surface area contributed by atoms with Gasteiger partial charge in [0.25, 0.3) is 0 Å². The minimum atomic E-state index is -0.608. The highest BCUT2D eigenvalue weighted by molar-refractivity contribution is 6.31. The van der Waals surface area contributed by atoms with E-state index in [4.69, 9.17) is 11.6 Å². The third-order valence-corrected chi connectivity index (χ3v) is 5.44. The second-order valence-corrected chi connectivity index (χ2v) is 7.68. The fourth-order valence-electron chi connectivity index (χ4n) is 3.36. The molecular weight excluding hydrogens is 403 g/mol. The minimum absolute atomic E-state index is 0.162. The molecule has 2 amide bonds. The third kappa shape index (κ3) is 6.84. The largest absolute Gasteiger partial charge is 0.354 e. The number of hydrogen-bond donors (Lipinski definition) is 1. The number of nitrogens with one attached hydrogen (secondary N) is 1. The lowest BCUT2D eigenvalue weighted by molar-refractivity contribution is -0.140. The van der Waals surface area contributed by atoms with Gasteiger partial charge in [0.15, 0.2) is 0 Å². The van der Waals surface area contributed by atoms with Crippen LogP contribution in [0.1, 0.15) is 44.2 Å². The quantitative estimate of drug-likeness (QED) is 0.519. The molecule has 0 aromatic heterocycles. The summed E-state index contributed by atoms with van der Waals surface area (Å²) in [4.78, 5) is 27.5. The number of rotatable bonds is 11. The molecule has 30 heavy (non-hydrogen) atoms. The maximum atomic E-state index is 14.2. The molecule has 1 unspecified atom stereocenters. The average Bonchev–Trinajstić information content (AvgIpc) is 2.74. The fraction of sp³-hybridized carbons (Fsp3) is 0.417. The Morgan fingerprint density at radius 3 is 2.47 bits per heavy atom. The molecule has 6 heteroatoms. The van der Waals surface area contributed by atoms with Crippen LogP contribution in [-0.2, 0) is 22.4 Å². The lowest BCUT2D eigenvalue weighted by Gasteiger charge is -2.31. The zero-order valence-corrected chi connectivity index (χ0v) is 18.4. The maximum absolute atomic E-state index is 14.2. The average molecular weight is 433 g/mol. The van der Waals surface area contributed by atoms with Gasteiger partial charge in [-0.1, -0.05) is 68.3 Å². The minimum Gasteiger partial charge on any atom is -0.354 e. The lowest BCUT2D eigenvalue weighted by atomic mass is 10.1. The van der Waals surface area contributed by atoms with E-state index in [-0.39, 0.29) is 28.8 Å². The van der Waals surface area contributed by atoms with Crippen LogP contribution in [-0.4, -0.2) is 35.8 Å². The first-order valence-electron chi connectivity index (χ1n) is 10.5. The molecule has 0 aliphatic carbocycles. The zero-order valence-electron chi connectivity index (χ0n) is 17.7. The van der Waals surface area contributed by atoms with Crippen molar-refractivity contribution in [2.75, 3.05) is 13.1 Å². The summed E-state index contributed by atoms with van der Waals surface area (Å²) in [5.41, 5.74) is 1.23. The van der Waals surface area contributed by atoms with E-state index < -0.39 is 11.9 Å². The van der Waals surface area contributed by atoms with E-state index in [1.165, 1.54) is 12.1 Å². The second kappa shape index (κ2) is 12.3. The lowest BCUT2D eigenvalue weighted by Crippen LogP contribution is -2.50. The summed E-state index contributed by atoms with van der Waals surface area (Å²) in [6.45, 7) is 4.88. The van der Waals surface area contributed by atoms with E-state index in [2.05, 4.69) is 12.2 Å². The first kappa shape index (κ1) is 23.9. The molecule has 0 saturated heterocycles. The van der Waals surface area contributed by atoms with Crippen molar-refractivity contribution in [1.29, 1.82) is 0 Å². The van der Waals surface area contributed by atoms with Gasteiger partial charge in [0.1, 0.15) is 11.9 Å². The fourth-order valence-corrected chi connectivity index (χ4v) is 3.59. The number of nitrogens with zero attached hydrogens (tertiary/aromatic N) is 1. The number of benzene rings is 2. The Morgan fingerprint density at radius 2 is 1.83 bits per heavy atom. The third-order valence-electron chi connectivity index (χ3n) is 5.09. The van der Waals surface area contributed by atoms with Crippen LogP contribution in [0.2, 0.25) is 5.02 Å². The van der Waals surface area contributed by atoms with Crippen molar-refractivity contribution in [2.45, 2.75) is 52.0 Å². The van der Waals surface area contributed by atoms with Crippen molar-refractivity contribution in [3.63, 3.8) is 0 Å². The molecule has 0 heterocycles. The van der Waals surface area contributed by atoms with Gasteiger partial charge in [0, 0.05) is 23.7 Å². The van der Waals surface area contributed by atoms with Gasteiger partial charge in [-0.3, -0.25) is 9.59 Å². The van der Waals surface area contributed by atoms with Gasteiger partial charge in [-0.05, 0) is 37.0 Å². The van der Waals surface area contributed by atoms with E-state index in [0.717, 1.165) is 18.4 Å². The first-order valence-corrected chi connectivity index (χ1v) is 10.9. The van der Waals surface area contributed by atoms with Crippen molar-refractivity contribution in [3.8, 4) is 0 Å². The number of halogens is 2. The van der Waals surface area contributed by atoms with Gasteiger partial charge >= 0.3 is 0 Å². The van der Waals surface area contributed by atoms with E-state index in [1.807, 2.05) is 37.3 Å². The number of amides is 2. The van der Waals surface area contributed by atoms with E-state index in [1.54, 1.807) is 11.0 Å². The summed E-state index contributed by atoms with van der Waals surface area (Å²) in [7, 11) is 0. The molecule has 2 aromatic carbocycles. The van der Waals surface area contributed by atoms with Crippen molar-refractivity contribution >= 4 is 23.4 Å². The summed E-state index contributed by atoms with van der Waals surface area (Å²) in [6, 6.07) is 13.5. The first-order chi connectivity index (χ1) is 14.5. The van der Waals surface area contributed by atoms with Crippen molar-refractivity contribution in [3.05, 3.63) is 70.5 Å². The van der Waals surface area contributed by atoms with Crippen LogP contribution < -0.4 is 5.32 Å². The van der Waals surface area contributed by atoms with Crippen LogP contribution >= 0.6 is 11.6 Å². The molecule has 0 aliphatic rings. The molecule has 0 spiro atoms. The van der Waals surface area contributed by atoms with Gasteiger partial charge in [-0.25, -0.2) is 4.39 Å². The van der Waals surface area contributed by atoms with Gasteiger partial charge in [0.2, 0.25) is 11.8 Å². The molecule has 1 N–H and O–H groups in total. The summed E-state index contributed by atoms with van der Waals surface area (Å²) >= 11 is 6.12. The summed E-state index contributed by atoms with van der Waals surface area (Å²) in [5, 5.41) is 3.14. The Bertz CT molecular complexity index is 809. The molecule has 0 aliphatic heterocycles. The number of carbonyl (C=O) groups is 2. The molecule has 162 valence electrons. The van der Waals surface area contributed by atoms with Crippen molar-refractivity contribution < 1.29 is 14.0 Å². The highest BCUT2D eigenvalue weighted by Gasteiger charge is 2.29. The SMILES string of the molecule is CCCCNC(=O)C(CC)N(CCc1ccccc1)C(=O)Cc1c(F)cccc1Cl. The van der Waals surface area contributed by atoms with E-state index in [0.29, 0.717) is 25.9 Å². The van der Waals surface area contributed by atoms with Crippen LogP contribution in [0.5, 0.6) is 0 Å². The Labute approximate surface area is 183 Å². The highest BCUT2D eigenvalue weighted by atomic mass is 35.5. The smallest absolute Gasteiger partial charge is 0.242 e. The Hall–Kier alpha value is -2.40. The van der Waals surface area contributed by atoms with E-state index >= 15 is 0 Å². The normalized spacial score (nSPS) is 11.7. The van der Waals surface area contributed by atoms with E-state index in [9.17, 15) is 14.0 Å². The Kier molecular flexibility index (Phi) is 9.81. The van der Waals surface area contributed by atoms with Crippen LogP contribution in [0.4, 0.5) is 4.39 Å². The molecule has 1 atom stereocenters. The Balaban J connectivity index is 2.21. The van der Waals surface area contributed by atoms with Gasteiger partial charge in [-0.15, -0.1) is 0 Å². The molecule has 4 nitrogen and oxygen atoms in total. The molecular formula is C24H30ClFN2O2. The van der Waals surface area contributed by atoms with Crippen LogP contribution in [0.3, 0.4) is 0 Å². The number of unbranched alkanes of at least 4 members (excludes halogenated alkanes) is 1. The van der Waals surface area contributed by atoms with Crippen LogP contribution in [0, 0.1) is 5.82 Å². The molecule has 2 aromatic rings. The molecule has 0 fully saturated rings. The Morgan fingerprint density at radius 1 is 1.10 bits per heavy atom. The van der Waals surface area contributed by atoms with Crippen molar-refractivity contribution in [1.82, 2.24) is 10.2 Å². The standard InChI is InChI=1S/C24H30ClFN2O2/c1-3-5-15-27-24(30)22(4-2)28(16-14-18-10-7-6-8-11-18)23(29)17-19-20(25)12-9-13-21(19)26/h6-13,22H,3-5,14-17H2,1-2H3,(H,27,30).